The number of benzene rings is 1. The summed E-state index contributed by atoms with van der Waals surface area (Å²) in [7, 11) is 0. The lowest BCUT2D eigenvalue weighted by molar-refractivity contribution is -0.137. The monoisotopic (exact) mass is 252 g/mol. The Hall–Kier alpha value is -0.960. The van der Waals surface area contributed by atoms with E-state index in [2.05, 4.69) is 12.1 Å². The number of carbonyl (C=O) groups is 1. The summed E-state index contributed by atoms with van der Waals surface area (Å²) < 4.78 is 0. The largest absolute Gasteiger partial charge is 0.480 e. The Labute approximate surface area is 107 Å². The van der Waals surface area contributed by atoms with Crippen molar-refractivity contribution in [1.29, 1.82) is 0 Å². The first-order valence-electron chi connectivity index (χ1n) is 5.99. The van der Waals surface area contributed by atoms with E-state index in [0.29, 0.717) is 0 Å². The number of aryl methyl sites for hydroxylation is 1. The van der Waals surface area contributed by atoms with Gasteiger partial charge in [0.15, 0.2) is 0 Å². The minimum absolute atomic E-state index is 0.189. The maximum atomic E-state index is 11.0. The van der Waals surface area contributed by atoms with Crippen LogP contribution in [-0.2, 0) is 11.2 Å². The van der Waals surface area contributed by atoms with E-state index in [9.17, 15) is 4.79 Å². The molecule has 0 radical (unpaired) electrons. The minimum Gasteiger partial charge on any atom is -0.480 e. The molecular formula is C14H20O2S. The van der Waals surface area contributed by atoms with E-state index >= 15 is 0 Å². The van der Waals surface area contributed by atoms with Crippen LogP contribution in [0.5, 0.6) is 0 Å². The number of hydrogen-bond acceptors (Lipinski definition) is 2. The zero-order valence-corrected chi connectivity index (χ0v) is 11.2. The second-order valence-corrected chi connectivity index (χ2v) is 5.71. The summed E-state index contributed by atoms with van der Waals surface area (Å²) in [5.41, 5.74) is 1.32. The number of hydrogen-bond donors (Lipinski definition) is 1. The van der Waals surface area contributed by atoms with Gasteiger partial charge in [-0.3, -0.25) is 4.79 Å². The van der Waals surface area contributed by atoms with E-state index < -0.39 is 5.97 Å². The fourth-order valence-corrected chi connectivity index (χ4v) is 2.77. The Morgan fingerprint density at radius 3 is 2.47 bits per heavy atom. The second kappa shape index (κ2) is 7.38. The molecule has 17 heavy (non-hydrogen) atoms. The fourth-order valence-electron chi connectivity index (χ4n) is 1.68. The molecule has 0 aliphatic carbocycles. The third kappa shape index (κ3) is 5.26. The average molecular weight is 252 g/mol. The van der Waals surface area contributed by atoms with Gasteiger partial charge in [-0.1, -0.05) is 44.2 Å². The molecular weight excluding hydrogens is 232 g/mol. The van der Waals surface area contributed by atoms with Gasteiger partial charge in [-0.15, -0.1) is 11.8 Å². The van der Waals surface area contributed by atoms with Gasteiger partial charge >= 0.3 is 5.97 Å². The molecule has 0 spiro atoms. The average Bonchev–Trinajstić information content (AvgIpc) is 2.29. The van der Waals surface area contributed by atoms with Crippen LogP contribution in [0.2, 0.25) is 0 Å². The standard InChI is InChI=1S/C14H20O2S/c1-11(2)13(14(15)16)17-10-6-9-12-7-4-3-5-8-12/h3-5,7-8,11,13H,6,9-10H2,1-2H3,(H,15,16). The van der Waals surface area contributed by atoms with E-state index in [-0.39, 0.29) is 11.2 Å². The summed E-state index contributed by atoms with van der Waals surface area (Å²) in [6.07, 6.45) is 2.06. The Bertz CT molecular complexity index is 335. The lowest BCUT2D eigenvalue weighted by Crippen LogP contribution is -2.22. The maximum Gasteiger partial charge on any atom is 0.316 e. The highest BCUT2D eigenvalue weighted by molar-refractivity contribution is 8.00. The lowest BCUT2D eigenvalue weighted by atomic mass is 10.1. The molecule has 0 heterocycles. The zero-order valence-electron chi connectivity index (χ0n) is 10.4. The summed E-state index contributed by atoms with van der Waals surface area (Å²) in [6.45, 7) is 3.92. The van der Waals surface area contributed by atoms with Gasteiger partial charge in [0.05, 0.1) is 0 Å². The third-order valence-electron chi connectivity index (χ3n) is 2.60. The van der Waals surface area contributed by atoms with Crippen molar-refractivity contribution < 1.29 is 9.90 Å². The van der Waals surface area contributed by atoms with Crippen LogP contribution in [-0.4, -0.2) is 22.1 Å². The Morgan fingerprint density at radius 2 is 1.94 bits per heavy atom. The van der Waals surface area contributed by atoms with Crippen LogP contribution in [0.25, 0.3) is 0 Å². The molecule has 0 bridgehead atoms. The molecule has 1 unspecified atom stereocenters. The van der Waals surface area contributed by atoms with Crippen LogP contribution in [0.15, 0.2) is 30.3 Å². The minimum atomic E-state index is -0.690. The molecule has 1 aromatic carbocycles. The Morgan fingerprint density at radius 1 is 1.29 bits per heavy atom. The highest BCUT2D eigenvalue weighted by Gasteiger charge is 2.21. The van der Waals surface area contributed by atoms with E-state index in [0.717, 1.165) is 18.6 Å². The summed E-state index contributed by atoms with van der Waals surface area (Å²) in [6, 6.07) is 10.3. The van der Waals surface area contributed by atoms with Gasteiger partial charge < -0.3 is 5.11 Å². The number of carboxylic acids is 1. The molecule has 0 aromatic heterocycles. The topological polar surface area (TPSA) is 37.3 Å². The summed E-state index contributed by atoms with van der Waals surface area (Å²) >= 11 is 1.56. The normalized spacial score (nSPS) is 12.6. The van der Waals surface area contributed by atoms with Crippen molar-refractivity contribution in [3.8, 4) is 0 Å². The quantitative estimate of drug-likeness (QED) is 0.755. The molecule has 0 fully saturated rings. The molecule has 1 aromatic rings. The predicted octanol–water partition coefficient (Wildman–Crippen LogP) is 3.46. The van der Waals surface area contributed by atoms with Crippen LogP contribution in [0.4, 0.5) is 0 Å². The summed E-state index contributed by atoms with van der Waals surface area (Å²) in [4.78, 5) is 11.0. The smallest absolute Gasteiger partial charge is 0.316 e. The van der Waals surface area contributed by atoms with Gasteiger partial charge in [0, 0.05) is 0 Å². The van der Waals surface area contributed by atoms with Gasteiger partial charge in [-0.05, 0) is 30.1 Å². The van der Waals surface area contributed by atoms with Crippen molar-refractivity contribution in [2.75, 3.05) is 5.75 Å². The van der Waals surface area contributed by atoms with Gasteiger partial charge in [-0.2, -0.15) is 0 Å². The van der Waals surface area contributed by atoms with Gasteiger partial charge in [-0.25, -0.2) is 0 Å². The molecule has 2 nitrogen and oxygen atoms in total. The van der Waals surface area contributed by atoms with Crippen LogP contribution >= 0.6 is 11.8 Å². The Balaban J connectivity index is 2.26. The van der Waals surface area contributed by atoms with Crippen LogP contribution in [0, 0.1) is 5.92 Å². The van der Waals surface area contributed by atoms with E-state index in [1.54, 1.807) is 11.8 Å². The molecule has 0 saturated heterocycles. The van der Waals surface area contributed by atoms with Crippen LogP contribution in [0.3, 0.4) is 0 Å². The van der Waals surface area contributed by atoms with Crippen molar-refractivity contribution in [3.63, 3.8) is 0 Å². The molecule has 1 atom stereocenters. The second-order valence-electron chi connectivity index (χ2n) is 4.46. The van der Waals surface area contributed by atoms with Crippen LogP contribution < -0.4 is 0 Å². The number of thioether (sulfide) groups is 1. The fraction of sp³-hybridized carbons (Fsp3) is 0.500. The first kappa shape index (κ1) is 14.1. The molecule has 94 valence electrons. The highest BCUT2D eigenvalue weighted by atomic mass is 32.2. The van der Waals surface area contributed by atoms with Crippen molar-refractivity contribution in [2.45, 2.75) is 31.9 Å². The SMILES string of the molecule is CC(C)C(SCCCc1ccccc1)C(=O)O. The van der Waals surface area contributed by atoms with Crippen LogP contribution in [0.1, 0.15) is 25.8 Å². The van der Waals surface area contributed by atoms with E-state index in [1.165, 1.54) is 5.56 Å². The van der Waals surface area contributed by atoms with Crippen molar-refractivity contribution in [1.82, 2.24) is 0 Å². The molecule has 3 heteroatoms. The third-order valence-corrected chi connectivity index (χ3v) is 4.23. The summed E-state index contributed by atoms with van der Waals surface area (Å²) in [5, 5.41) is 8.77. The van der Waals surface area contributed by atoms with Crippen molar-refractivity contribution in [3.05, 3.63) is 35.9 Å². The molecule has 0 aliphatic heterocycles. The molecule has 0 saturated carbocycles. The predicted molar refractivity (Wildman–Crippen MR) is 73.5 cm³/mol. The zero-order chi connectivity index (χ0) is 12.7. The molecule has 0 aliphatic rings. The highest BCUT2D eigenvalue weighted by Crippen LogP contribution is 2.21. The molecule has 0 amide bonds. The first-order chi connectivity index (χ1) is 8.11. The van der Waals surface area contributed by atoms with Crippen molar-refractivity contribution in [2.24, 2.45) is 5.92 Å². The number of rotatable bonds is 7. The van der Waals surface area contributed by atoms with Gasteiger partial charge in [0.2, 0.25) is 0 Å². The van der Waals surface area contributed by atoms with Crippen molar-refractivity contribution >= 4 is 17.7 Å². The van der Waals surface area contributed by atoms with Gasteiger partial charge in [0.25, 0.3) is 0 Å². The maximum absolute atomic E-state index is 11.0. The number of carboxylic acid groups (broad SMARTS) is 1. The number of aliphatic carboxylic acids is 1. The summed E-state index contributed by atoms with van der Waals surface area (Å²) in [5.74, 6) is 0.406. The Kier molecular flexibility index (Phi) is 6.12. The van der Waals surface area contributed by atoms with Gasteiger partial charge in [0.1, 0.15) is 5.25 Å². The first-order valence-corrected chi connectivity index (χ1v) is 7.04. The lowest BCUT2D eigenvalue weighted by Gasteiger charge is -2.15. The molecule has 1 rings (SSSR count). The van der Waals surface area contributed by atoms with E-state index in [1.807, 2.05) is 32.0 Å². The molecule has 1 N–H and O–H groups in total. The van der Waals surface area contributed by atoms with E-state index in [4.69, 9.17) is 5.11 Å².